The summed E-state index contributed by atoms with van der Waals surface area (Å²) in [5.74, 6) is -0.421. The van der Waals surface area contributed by atoms with Gasteiger partial charge in [-0.3, -0.25) is 0 Å². The number of benzene rings is 1. The molecule has 1 atom stereocenters. The zero-order valence-electron chi connectivity index (χ0n) is 10.8. The van der Waals surface area contributed by atoms with Crippen molar-refractivity contribution < 1.29 is 9.90 Å². The first-order chi connectivity index (χ1) is 9.11. The van der Waals surface area contributed by atoms with E-state index in [1.165, 1.54) is 0 Å². The largest absolute Gasteiger partial charge is 0.477 e. The molecular formula is C15H16N2O2. The van der Waals surface area contributed by atoms with Crippen LogP contribution in [0.2, 0.25) is 0 Å². The predicted molar refractivity (Wildman–Crippen MR) is 76.6 cm³/mol. The van der Waals surface area contributed by atoms with Gasteiger partial charge in [0.15, 0.2) is 5.69 Å². The predicted octanol–water partition coefficient (Wildman–Crippen LogP) is 3.31. The Balaban J connectivity index is 2.50. The summed E-state index contributed by atoms with van der Waals surface area (Å²) in [4.78, 5) is 15.3. The molecule has 2 N–H and O–H groups in total. The van der Waals surface area contributed by atoms with Crippen LogP contribution in [0, 0.1) is 0 Å². The maximum absolute atomic E-state index is 11.1. The van der Waals surface area contributed by atoms with Gasteiger partial charge in [-0.25, -0.2) is 9.78 Å². The first-order valence-corrected chi connectivity index (χ1v) is 6.12. The molecule has 2 aromatic rings. The summed E-state index contributed by atoms with van der Waals surface area (Å²) in [7, 11) is 0. The number of nitrogens with one attached hydrogen (secondary N) is 1. The minimum atomic E-state index is -1.02. The van der Waals surface area contributed by atoms with Crippen LogP contribution in [0.4, 0.5) is 5.82 Å². The molecule has 1 unspecified atom stereocenters. The van der Waals surface area contributed by atoms with Crippen molar-refractivity contribution in [1.29, 1.82) is 0 Å². The number of carboxylic acids is 1. The van der Waals surface area contributed by atoms with Crippen LogP contribution in [0.25, 0.3) is 10.8 Å². The highest BCUT2D eigenvalue weighted by molar-refractivity contribution is 5.97. The highest BCUT2D eigenvalue weighted by Crippen LogP contribution is 2.23. The molecule has 0 aliphatic rings. The molecule has 2 rings (SSSR count). The average Bonchev–Trinajstić information content (AvgIpc) is 2.38. The van der Waals surface area contributed by atoms with Crippen LogP contribution in [0.3, 0.4) is 0 Å². The number of carboxylic acid groups (broad SMARTS) is 1. The normalized spacial score (nSPS) is 12.1. The molecule has 0 bridgehead atoms. The van der Waals surface area contributed by atoms with Gasteiger partial charge in [-0.1, -0.05) is 30.3 Å². The van der Waals surface area contributed by atoms with Crippen LogP contribution in [0.1, 0.15) is 23.8 Å². The molecule has 0 amide bonds. The third-order valence-electron chi connectivity index (χ3n) is 2.86. The fourth-order valence-corrected chi connectivity index (χ4v) is 1.96. The summed E-state index contributed by atoms with van der Waals surface area (Å²) in [6.45, 7) is 5.70. The highest BCUT2D eigenvalue weighted by atomic mass is 16.4. The van der Waals surface area contributed by atoms with Gasteiger partial charge >= 0.3 is 5.97 Å². The second-order valence-electron chi connectivity index (χ2n) is 4.45. The average molecular weight is 256 g/mol. The molecule has 0 fully saturated rings. The molecule has 0 spiro atoms. The molecule has 19 heavy (non-hydrogen) atoms. The van der Waals surface area contributed by atoms with Crippen molar-refractivity contribution >= 4 is 22.6 Å². The number of fused-ring (bicyclic) bond motifs is 1. The minimum Gasteiger partial charge on any atom is -0.477 e. The number of hydrogen-bond donors (Lipinski definition) is 2. The lowest BCUT2D eigenvalue weighted by Gasteiger charge is -2.15. The Morgan fingerprint density at radius 2 is 2.26 bits per heavy atom. The summed E-state index contributed by atoms with van der Waals surface area (Å²) >= 11 is 0. The first-order valence-electron chi connectivity index (χ1n) is 6.12. The maximum atomic E-state index is 11.1. The Morgan fingerprint density at radius 1 is 1.53 bits per heavy atom. The lowest BCUT2D eigenvalue weighted by molar-refractivity contribution is 0.0691. The molecule has 0 radical (unpaired) electrons. The van der Waals surface area contributed by atoms with Gasteiger partial charge in [0.1, 0.15) is 5.82 Å². The standard InChI is InChI=1S/C15H16N2O2/c1-3-6-10(2)16-14-12-8-5-4-7-11(12)9-13(17-14)15(18)19/h3-5,7-10H,1,6H2,2H3,(H,16,17)(H,18,19). The van der Waals surface area contributed by atoms with Crippen LogP contribution in [0.15, 0.2) is 43.0 Å². The minimum absolute atomic E-state index is 0.0482. The number of anilines is 1. The number of carbonyl (C=O) groups is 1. The number of aromatic nitrogens is 1. The SMILES string of the molecule is C=CCC(C)Nc1nc(C(=O)O)cc2ccccc12. The highest BCUT2D eigenvalue weighted by Gasteiger charge is 2.11. The van der Waals surface area contributed by atoms with Gasteiger partial charge in [-0.15, -0.1) is 6.58 Å². The van der Waals surface area contributed by atoms with Crippen molar-refractivity contribution in [3.05, 3.63) is 48.7 Å². The third kappa shape index (κ3) is 2.91. The van der Waals surface area contributed by atoms with Crippen LogP contribution in [-0.4, -0.2) is 22.1 Å². The fraction of sp³-hybridized carbons (Fsp3) is 0.200. The number of aromatic carboxylic acids is 1. The van der Waals surface area contributed by atoms with Gasteiger partial charge in [0.2, 0.25) is 0 Å². The van der Waals surface area contributed by atoms with E-state index in [9.17, 15) is 4.79 Å². The lowest BCUT2D eigenvalue weighted by atomic mass is 10.1. The van der Waals surface area contributed by atoms with E-state index in [0.29, 0.717) is 5.82 Å². The second-order valence-corrected chi connectivity index (χ2v) is 4.45. The molecule has 4 nitrogen and oxygen atoms in total. The van der Waals surface area contributed by atoms with Crippen molar-refractivity contribution in [2.75, 3.05) is 5.32 Å². The van der Waals surface area contributed by atoms with Crippen molar-refractivity contribution in [1.82, 2.24) is 4.98 Å². The van der Waals surface area contributed by atoms with Gasteiger partial charge in [0.05, 0.1) is 0 Å². The second kappa shape index (κ2) is 5.52. The number of nitrogens with zero attached hydrogens (tertiary/aromatic N) is 1. The first kappa shape index (κ1) is 13.1. The Labute approximate surface area is 111 Å². The Kier molecular flexibility index (Phi) is 3.80. The van der Waals surface area contributed by atoms with Crippen molar-refractivity contribution in [3.8, 4) is 0 Å². The van der Waals surface area contributed by atoms with Crippen LogP contribution in [0.5, 0.6) is 0 Å². The van der Waals surface area contributed by atoms with Gasteiger partial charge in [-0.2, -0.15) is 0 Å². The summed E-state index contributed by atoms with van der Waals surface area (Å²) in [5, 5.41) is 14.1. The van der Waals surface area contributed by atoms with E-state index < -0.39 is 5.97 Å². The maximum Gasteiger partial charge on any atom is 0.354 e. The smallest absolute Gasteiger partial charge is 0.354 e. The van der Waals surface area contributed by atoms with E-state index in [2.05, 4.69) is 16.9 Å². The molecule has 1 heterocycles. The molecule has 0 aliphatic carbocycles. The van der Waals surface area contributed by atoms with E-state index in [0.717, 1.165) is 17.2 Å². The van der Waals surface area contributed by atoms with Gasteiger partial charge < -0.3 is 10.4 Å². The summed E-state index contributed by atoms with van der Waals surface area (Å²) in [5.41, 5.74) is 0.0482. The van der Waals surface area contributed by atoms with E-state index >= 15 is 0 Å². The molecule has 1 aromatic heterocycles. The van der Waals surface area contributed by atoms with Gasteiger partial charge in [-0.05, 0) is 24.8 Å². The van der Waals surface area contributed by atoms with Crippen LogP contribution < -0.4 is 5.32 Å². The molecule has 0 saturated heterocycles. The summed E-state index contributed by atoms with van der Waals surface area (Å²) < 4.78 is 0. The van der Waals surface area contributed by atoms with Gasteiger partial charge in [0.25, 0.3) is 0 Å². The zero-order chi connectivity index (χ0) is 13.8. The van der Waals surface area contributed by atoms with E-state index in [4.69, 9.17) is 5.11 Å². The van der Waals surface area contributed by atoms with Gasteiger partial charge in [0, 0.05) is 11.4 Å². The molecule has 0 saturated carbocycles. The summed E-state index contributed by atoms with van der Waals surface area (Å²) in [6, 6.07) is 9.33. The van der Waals surface area contributed by atoms with Crippen molar-refractivity contribution in [2.45, 2.75) is 19.4 Å². The molecule has 0 aliphatic heterocycles. The van der Waals surface area contributed by atoms with E-state index in [1.807, 2.05) is 37.3 Å². The molecular weight excluding hydrogens is 240 g/mol. The zero-order valence-corrected chi connectivity index (χ0v) is 10.8. The Bertz CT molecular complexity index is 623. The Morgan fingerprint density at radius 3 is 2.95 bits per heavy atom. The van der Waals surface area contributed by atoms with Crippen molar-refractivity contribution in [2.24, 2.45) is 0 Å². The van der Waals surface area contributed by atoms with Crippen LogP contribution in [-0.2, 0) is 0 Å². The Hall–Kier alpha value is -2.36. The number of pyridine rings is 1. The van der Waals surface area contributed by atoms with E-state index in [-0.39, 0.29) is 11.7 Å². The monoisotopic (exact) mass is 256 g/mol. The fourth-order valence-electron chi connectivity index (χ4n) is 1.96. The number of hydrogen-bond acceptors (Lipinski definition) is 3. The van der Waals surface area contributed by atoms with Crippen LogP contribution >= 0.6 is 0 Å². The van der Waals surface area contributed by atoms with E-state index in [1.54, 1.807) is 6.07 Å². The quantitative estimate of drug-likeness (QED) is 0.806. The molecule has 98 valence electrons. The topological polar surface area (TPSA) is 62.2 Å². The van der Waals surface area contributed by atoms with Crippen molar-refractivity contribution in [3.63, 3.8) is 0 Å². The lowest BCUT2D eigenvalue weighted by Crippen LogP contribution is -2.16. The third-order valence-corrected chi connectivity index (χ3v) is 2.86. The summed E-state index contributed by atoms with van der Waals surface area (Å²) in [6.07, 6.45) is 2.61. The molecule has 4 heteroatoms. The number of rotatable bonds is 5. The molecule has 1 aromatic carbocycles.